The van der Waals surface area contributed by atoms with Crippen molar-refractivity contribution in [3.63, 3.8) is 0 Å². The van der Waals surface area contributed by atoms with Crippen LogP contribution in [0.15, 0.2) is 60.9 Å². The van der Waals surface area contributed by atoms with Crippen LogP contribution >= 0.6 is 12.2 Å². The molecule has 0 unspecified atom stereocenters. The predicted octanol–water partition coefficient (Wildman–Crippen LogP) is 4.28. The summed E-state index contributed by atoms with van der Waals surface area (Å²) in [5.41, 5.74) is 1.50. The van der Waals surface area contributed by atoms with E-state index in [1.807, 2.05) is 0 Å². The van der Waals surface area contributed by atoms with Gasteiger partial charge in [0.25, 0.3) is 5.91 Å². The quantitative estimate of drug-likeness (QED) is 0.313. The van der Waals surface area contributed by atoms with Gasteiger partial charge in [-0.05, 0) is 54.7 Å². The Morgan fingerprint density at radius 2 is 1.58 bits per heavy atom. The van der Waals surface area contributed by atoms with E-state index in [2.05, 4.69) is 20.6 Å². The van der Waals surface area contributed by atoms with Crippen molar-refractivity contribution in [2.75, 3.05) is 26.6 Å². The predicted molar refractivity (Wildman–Crippen MR) is 138 cm³/mol. The van der Waals surface area contributed by atoms with Gasteiger partial charge in [0.15, 0.2) is 16.6 Å². The lowest BCUT2D eigenvalue weighted by Gasteiger charge is -2.13. The first-order chi connectivity index (χ1) is 17.4. The van der Waals surface area contributed by atoms with Gasteiger partial charge in [0.05, 0.1) is 37.8 Å². The van der Waals surface area contributed by atoms with Crippen molar-refractivity contribution in [2.45, 2.75) is 0 Å². The van der Waals surface area contributed by atoms with Crippen LogP contribution in [-0.4, -0.2) is 47.4 Å². The van der Waals surface area contributed by atoms with E-state index in [9.17, 15) is 9.90 Å². The zero-order valence-electron chi connectivity index (χ0n) is 19.6. The number of aromatic hydroxyl groups is 1. The Bertz CT molecular complexity index is 1430. The number of ether oxygens (including phenoxy) is 4. The topological polar surface area (TPSA) is 124 Å². The summed E-state index contributed by atoms with van der Waals surface area (Å²) < 4.78 is 21.8. The van der Waals surface area contributed by atoms with Gasteiger partial charge in [-0.1, -0.05) is 0 Å². The number of methoxy groups -OCH3 is 3. The Kier molecular flexibility index (Phi) is 7.31. The molecule has 184 valence electrons. The molecule has 1 heterocycles. The number of phenols is 1. The Morgan fingerprint density at radius 3 is 2.28 bits per heavy atom. The van der Waals surface area contributed by atoms with Crippen molar-refractivity contribution in [3.05, 3.63) is 66.5 Å². The van der Waals surface area contributed by atoms with E-state index >= 15 is 0 Å². The highest BCUT2D eigenvalue weighted by Crippen LogP contribution is 2.35. The van der Waals surface area contributed by atoms with Crippen molar-refractivity contribution in [3.8, 4) is 34.6 Å². The molecular formula is C25H22N4O6S. The number of benzene rings is 3. The summed E-state index contributed by atoms with van der Waals surface area (Å²) >= 11 is 5.25. The summed E-state index contributed by atoms with van der Waals surface area (Å²) in [6.07, 6.45) is 1.41. The SMILES string of the molecule is COc1cc2ncnc(Oc3ccc(NC(=S)NC(=O)c4ccc(O)cc4OC)cc3)c2cc1OC. The highest BCUT2D eigenvalue weighted by atomic mass is 32.1. The molecule has 4 rings (SSSR count). The molecule has 0 aliphatic carbocycles. The van der Waals surface area contributed by atoms with Gasteiger partial charge < -0.3 is 29.4 Å². The number of rotatable bonds is 7. The van der Waals surface area contributed by atoms with Gasteiger partial charge in [-0.25, -0.2) is 9.97 Å². The zero-order valence-corrected chi connectivity index (χ0v) is 20.4. The number of hydrogen-bond donors (Lipinski definition) is 3. The average molecular weight is 507 g/mol. The molecule has 10 nitrogen and oxygen atoms in total. The molecule has 0 radical (unpaired) electrons. The second kappa shape index (κ2) is 10.7. The van der Waals surface area contributed by atoms with Crippen LogP contribution in [0.25, 0.3) is 10.9 Å². The second-order valence-electron chi connectivity index (χ2n) is 7.32. The fourth-order valence-electron chi connectivity index (χ4n) is 3.36. The summed E-state index contributed by atoms with van der Waals surface area (Å²) in [6, 6.07) is 14.6. The fraction of sp³-hybridized carbons (Fsp3) is 0.120. The van der Waals surface area contributed by atoms with Crippen LogP contribution in [-0.2, 0) is 0 Å². The number of nitrogens with one attached hydrogen (secondary N) is 2. The standard InChI is InChI=1S/C25H22N4O6S/c1-32-20-10-15(30)6-9-17(20)23(31)29-25(36)28-14-4-7-16(8-5-14)35-24-18-11-21(33-2)22(34-3)12-19(18)26-13-27-24/h4-13,30H,1-3H3,(H2,28,29,31,36). The second-order valence-corrected chi connectivity index (χ2v) is 7.73. The third-order valence-electron chi connectivity index (χ3n) is 5.09. The van der Waals surface area contributed by atoms with Crippen molar-refractivity contribution in [1.29, 1.82) is 0 Å². The maximum atomic E-state index is 12.5. The van der Waals surface area contributed by atoms with Crippen LogP contribution in [0.2, 0.25) is 0 Å². The molecule has 0 bridgehead atoms. The van der Waals surface area contributed by atoms with Crippen molar-refractivity contribution < 1.29 is 28.8 Å². The van der Waals surface area contributed by atoms with E-state index in [0.29, 0.717) is 39.7 Å². The van der Waals surface area contributed by atoms with E-state index in [-0.39, 0.29) is 22.2 Å². The Labute approximate surface area is 211 Å². The molecule has 0 spiro atoms. The minimum atomic E-state index is -0.480. The number of nitrogens with zero attached hydrogens (tertiary/aromatic N) is 2. The molecule has 0 fully saturated rings. The van der Waals surface area contributed by atoms with Gasteiger partial charge in [0.2, 0.25) is 5.88 Å². The summed E-state index contributed by atoms with van der Waals surface area (Å²) in [5, 5.41) is 15.8. The zero-order chi connectivity index (χ0) is 25.7. The van der Waals surface area contributed by atoms with Crippen LogP contribution in [0.4, 0.5) is 5.69 Å². The van der Waals surface area contributed by atoms with Crippen molar-refractivity contribution >= 4 is 39.8 Å². The monoisotopic (exact) mass is 506 g/mol. The van der Waals surface area contributed by atoms with Gasteiger partial charge in [-0.15, -0.1) is 0 Å². The molecule has 0 aliphatic rings. The summed E-state index contributed by atoms with van der Waals surface area (Å²) in [6.45, 7) is 0. The van der Waals surface area contributed by atoms with Gasteiger partial charge in [0.1, 0.15) is 23.6 Å². The number of amides is 1. The maximum Gasteiger partial charge on any atom is 0.261 e. The molecule has 0 atom stereocenters. The number of hydrogen-bond acceptors (Lipinski definition) is 9. The smallest absolute Gasteiger partial charge is 0.261 e. The van der Waals surface area contributed by atoms with Crippen LogP contribution < -0.4 is 29.6 Å². The number of aromatic nitrogens is 2. The van der Waals surface area contributed by atoms with E-state index in [1.54, 1.807) is 50.6 Å². The Morgan fingerprint density at radius 1 is 0.889 bits per heavy atom. The van der Waals surface area contributed by atoms with Gasteiger partial charge in [-0.3, -0.25) is 10.1 Å². The normalized spacial score (nSPS) is 10.4. The minimum absolute atomic E-state index is 0.0137. The van der Waals surface area contributed by atoms with Crippen molar-refractivity contribution in [2.24, 2.45) is 0 Å². The molecule has 36 heavy (non-hydrogen) atoms. The number of phenolic OH excluding ortho intramolecular Hbond substituents is 1. The Hall–Kier alpha value is -4.64. The summed E-state index contributed by atoms with van der Waals surface area (Å²) in [5.74, 6) is 1.70. The lowest BCUT2D eigenvalue weighted by atomic mass is 10.2. The molecule has 3 aromatic carbocycles. The molecule has 0 saturated heterocycles. The lowest BCUT2D eigenvalue weighted by molar-refractivity contribution is 0.0974. The lowest BCUT2D eigenvalue weighted by Crippen LogP contribution is -2.34. The average Bonchev–Trinajstić information content (AvgIpc) is 2.88. The number of carbonyl (C=O) groups excluding carboxylic acids is 1. The third kappa shape index (κ3) is 5.36. The molecule has 11 heteroatoms. The first kappa shape index (κ1) is 24.5. The molecule has 0 aliphatic heterocycles. The number of thiocarbonyl (C=S) groups is 1. The van der Waals surface area contributed by atoms with Crippen LogP contribution in [0.5, 0.6) is 34.6 Å². The molecule has 4 aromatic rings. The van der Waals surface area contributed by atoms with Gasteiger partial charge in [-0.2, -0.15) is 0 Å². The van der Waals surface area contributed by atoms with Crippen molar-refractivity contribution in [1.82, 2.24) is 15.3 Å². The van der Waals surface area contributed by atoms with E-state index < -0.39 is 5.91 Å². The molecule has 1 amide bonds. The first-order valence-corrected chi connectivity index (χ1v) is 11.0. The Balaban J connectivity index is 1.44. The summed E-state index contributed by atoms with van der Waals surface area (Å²) in [4.78, 5) is 21.1. The van der Waals surface area contributed by atoms with Crippen LogP contribution in [0.1, 0.15) is 10.4 Å². The molecule has 3 N–H and O–H groups in total. The van der Waals surface area contributed by atoms with E-state index in [1.165, 1.54) is 31.6 Å². The highest BCUT2D eigenvalue weighted by molar-refractivity contribution is 7.80. The number of anilines is 1. The summed E-state index contributed by atoms with van der Waals surface area (Å²) in [7, 11) is 4.51. The highest BCUT2D eigenvalue weighted by Gasteiger charge is 2.15. The van der Waals surface area contributed by atoms with Crippen LogP contribution in [0.3, 0.4) is 0 Å². The van der Waals surface area contributed by atoms with Gasteiger partial charge in [0, 0.05) is 17.8 Å². The number of carbonyl (C=O) groups is 1. The molecule has 1 aromatic heterocycles. The number of fused-ring (bicyclic) bond motifs is 1. The van der Waals surface area contributed by atoms with Gasteiger partial charge >= 0.3 is 0 Å². The largest absolute Gasteiger partial charge is 0.508 e. The van der Waals surface area contributed by atoms with E-state index in [4.69, 9.17) is 31.2 Å². The third-order valence-corrected chi connectivity index (χ3v) is 5.29. The van der Waals surface area contributed by atoms with E-state index in [0.717, 1.165) is 0 Å². The molecule has 0 saturated carbocycles. The fourth-order valence-corrected chi connectivity index (χ4v) is 3.57. The molecular weight excluding hydrogens is 484 g/mol. The first-order valence-electron chi connectivity index (χ1n) is 10.6. The van der Waals surface area contributed by atoms with Crippen LogP contribution in [0, 0.1) is 0 Å². The minimum Gasteiger partial charge on any atom is -0.508 e. The maximum absolute atomic E-state index is 12.5.